The molecule has 0 unspecified atom stereocenters. The zero-order valence-corrected chi connectivity index (χ0v) is 18.3. The van der Waals surface area contributed by atoms with Crippen molar-refractivity contribution in [2.75, 3.05) is 13.1 Å². The highest BCUT2D eigenvalue weighted by Crippen LogP contribution is 2.18. The minimum atomic E-state index is -3.61. The molecule has 1 fully saturated rings. The van der Waals surface area contributed by atoms with Gasteiger partial charge in [0.25, 0.3) is 5.69 Å². The van der Waals surface area contributed by atoms with E-state index in [-0.39, 0.29) is 22.5 Å². The Labute approximate surface area is 182 Å². The Balaban J connectivity index is 1.52. The summed E-state index contributed by atoms with van der Waals surface area (Å²) < 4.78 is 28.5. The van der Waals surface area contributed by atoms with Crippen LogP contribution in [-0.2, 0) is 14.8 Å². The van der Waals surface area contributed by atoms with Gasteiger partial charge >= 0.3 is 0 Å². The zero-order chi connectivity index (χ0) is 21.7. The SMILES string of the molecule is O=C(/C=C/c1ccc([N+](=O)[O-])cc1)N1CCC(NS(=O)(=O)c2ccc(Br)cc2)CC1. The van der Waals surface area contributed by atoms with E-state index in [0.29, 0.717) is 31.5 Å². The number of carbonyl (C=O) groups excluding carboxylic acids is 1. The number of benzene rings is 2. The third-order valence-electron chi connectivity index (χ3n) is 4.77. The quantitative estimate of drug-likeness (QED) is 0.376. The fourth-order valence-electron chi connectivity index (χ4n) is 3.10. The standard InChI is InChI=1S/C20H20BrN3O5S/c21-16-4-8-19(9-5-16)30(28,29)22-17-11-13-23(14-12-17)20(25)10-3-15-1-6-18(7-2-15)24(26)27/h1-10,17,22H,11-14H2/b10-3+. The highest BCUT2D eigenvalue weighted by Gasteiger charge is 2.26. The molecule has 1 heterocycles. The average Bonchev–Trinajstić information content (AvgIpc) is 2.73. The first-order valence-corrected chi connectivity index (χ1v) is 11.5. The van der Waals surface area contributed by atoms with Crippen LogP contribution in [0.15, 0.2) is 64.0 Å². The number of nitro benzene ring substituents is 1. The van der Waals surface area contributed by atoms with Gasteiger partial charge in [0.2, 0.25) is 15.9 Å². The summed E-state index contributed by atoms with van der Waals surface area (Å²) in [6.07, 6.45) is 4.07. The average molecular weight is 494 g/mol. The van der Waals surface area contributed by atoms with Crippen LogP contribution in [0, 0.1) is 10.1 Å². The zero-order valence-electron chi connectivity index (χ0n) is 15.9. The molecule has 158 valence electrons. The normalized spacial score (nSPS) is 15.4. The van der Waals surface area contributed by atoms with Gasteiger partial charge in [-0.25, -0.2) is 13.1 Å². The molecule has 1 amide bonds. The van der Waals surface area contributed by atoms with Crippen LogP contribution < -0.4 is 4.72 Å². The lowest BCUT2D eigenvalue weighted by atomic mass is 10.1. The fourth-order valence-corrected chi connectivity index (χ4v) is 4.67. The third kappa shape index (κ3) is 5.74. The number of carbonyl (C=O) groups is 1. The van der Waals surface area contributed by atoms with Crippen molar-refractivity contribution in [2.24, 2.45) is 0 Å². The number of amides is 1. The Morgan fingerprint density at radius 2 is 1.70 bits per heavy atom. The lowest BCUT2D eigenvalue weighted by Gasteiger charge is -2.31. The second-order valence-electron chi connectivity index (χ2n) is 6.86. The molecule has 0 radical (unpaired) electrons. The van der Waals surface area contributed by atoms with E-state index in [1.807, 2.05) is 0 Å². The van der Waals surface area contributed by atoms with Gasteiger partial charge in [-0.1, -0.05) is 15.9 Å². The molecule has 1 aliphatic rings. The molecule has 8 nitrogen and oxygen atoms in total. The molecule has 1 N–H and O–H groups in total. The van der Waals surface area contributed by atoms with E-state index in [1.165, 1.54) is 30.3 Å². The van der Waals surface area contributed by atoms with Crippen molar-refractivity contribution in [2.45, 2.75) is 23.8 Å². The summed E-state index contributed by atoms with van der Waals surface area (Å²) in [4.78, 5) is 24.4. The van der Waals surface area contributed by atoms with E-state index in [0.717, 1.165) is 4.47 Å². The van der Waals surface area contributed by atoms with Crippen molar-refractivity contribution in [3.05, 3.63) is 74.8 Å². The van der Waals surface area contributed by atoms with Crippen molar-refractivity contribution in [1.82, 2.24) is 9.62 Å². The molecule has 1 aliphatic heterocycles. The molecule has 30 heavy (non-hydrogen) atoms. The molecule has 0 bridgehead atoms. The smallest absolute Gasteiger partial charge is 0.269 e. The predicted octanol–water partition coefficient (Wildman–Crippen LogP) is 3.34. The van der Waals surface area contributed by atoms with Gasteiger partial charge in [0.15, 0.2) is 0 Å². The molecule has 0 spiro atoms. The maximum absolute atomic E-state index is 12.5. The molecular formula is C20H20BrN3O5S. The number of likely N-dealkylation sites (tertiary alicyclic amines) is 1. The highest BCUT2D eigenvalue weighted by atomic mass is 79.9. The summed E-state index contributed by atoms with van der Waals surface area (Å²) in [6, 6.07) is 12.1. The van der Waals surface area contributed by atoms with Crippen molar-refractivity contribution >= 4 is 43.6 Å². The topological polar surface area (TPSA) is 110 Å². The maximum Gasteiger partial charge on any atom is 0.269 e. The number of halogens is 1. The molecular weight excluding hydrogens is 474 g/mol. The summed E-state index contributed by atoms with van der Waals surface area (Å²) in [7, 11) is -3.61. The Morgan fingerprint density at radius 3 is 2.27 bits per heavy atom. The van der Waals surface area contributed by atoms with Crippen LogP contribution in [0.1, 0.15) is 18.4 Å². The minimum absolute atomic E-state index is 0.00821. The van der Waals surface area contributed by atoms with Gasteiger partial charge in [0.1, 0.15) is 0 Å². The van der Waals surface area contributed by atoms with Gasteiger partial charge in [-0.2, -0.15) is 0 Å². The van der Waals surface area contributed by atoms with Crippen molar-refractivity contribution in [1.29, 1.82) is 0 Å². The van der Waals surface area contributed by atoms with E-state index >= 15 is 0 Å². The lowest BCUT2D eigenvalue weighted by Crippen LogP contribution is -2.46. The van der Waals surface area contributed by atoms with Crippen LogP contribution in [0.25, 0.3) is 6.08 Å². The fraction of sp³-hybridized carbons (Fsp3) is 0.250. The first kappa shape index (κ1) is 22.1. The summed E-state index contributed by atoms with van der Waals surface area (Å²) >= 11 is 3.28. The van der Waals surface area contributed by atoms with Crippen molar-refractivity contribution in [3.63, 3.8) is 0 Å². The highest BCUT2D eigenvalue weighted by molar-refractivity contribution is 9.10. The molecule has 0 atom stereocenters. The first-order valence-electron chi connectivity index (χ1n) is 9.24. The number of sulfonamides is 1. The van der Waals surface area contributed by atoms with Crippen molar-refractivity contribution in [3.8, 4) is 0 Å². The Hall–Kier alpha value is -2.56. The van der Waals surface area contributed by atoms with Crippen LogP contribution in [0.4, 0.5) is 5.69 Å². The number of nitrogens with one attached hydrogen (secondary N) is 1. The van der Waals surface area contributed by atoms with Gasteiger partial charge in [0, 0.05) is 41.8 Å². The summed E-state index contributed by atoms with van der Waals surface area (Å²) in [5.74, 6) is -0.178. The van der Waals surface area contributed by atoms with Gasteiger partial charge < -0.3 is 4.90 Å². The Bertz CT molecular complexity index is 1040. The molecule has 0 saturated carbocycles. The monoisotopic (exact) mass is 493 g/mol. The largest absolute Gasteiger partial charge is 0.339 e. The maximum atomic E-state index is 12.5. The van der Waals surface area contributed by atoms with E-state index in [1.54, 1.807) is 35.2 Å². The Morgan fingerprint density at radius 1 is 1.10 bits per heavy atom. The molecule has 3 rings (SSSR count). The van der Waals surface area contributed by atoms with Gasteiger partial charge in [0.05, 0.1) is 9.82 Å². The van der Waals surface area contributed by atoms with E-state index < -0.39 is 14.9 Å². The molecule has 10 heteroatoms. The lowest BCUT2D eigenvalue weighted by molar-refractivity contribution is -0.384. The number of nitrogens with zero attached hydrogens (tertiary/aromatic N) is 2. The van der Waals surface area contributed by atoms with Crippen LogP contribution in [0.3, 0.4) is 0 Å². The van der Waals surface area contributed by atoms with Crippen LogP contribution in [-0.4, -0.2) is 43.3 Å². The van der Waals surface area contributed by atoms with Crippen LogP contribution in [0.2, 0.25) is 0 Å². The molecule has 2 aromatic carbocycles. The van der Waals surface area contributed by atoms with Crippen molar-refractivity contribution < 1.29 is 18.1 Å². The molecule has 2 aromatic rings. The summed E-state index contributed by atoms with van der Waals surface area (Å²) in [5, 5.41) is 10.7. The Kier molecular flexibility index (Phi) is 7.01. The van der Waals surface area contributed by atoms with Gasteiger partial charge in [-0.3, -0.25) is 14.9 Å². The predicted molar refractivity (Wildman–Crippen MR) is 116 cm³/mol. The summed E-state index contributed by atoms with van der Waals surface area (Å²) in [5.41, 5.74) is 0.678. The third-order valence-corrected chi connectivity index (χ3v) is 6.84. The van der Waals surface area contributed by atoms with Gasteiger partial charge in [-0.15, -0.1) is 0 Å². The summed E-state index contributed by atoms with van der Waals surface area (Å²) in [6.45, 7) is 0.883. The number of non-ortho nitro benzene ring substituents is 1. The first-order chi connectivity index (χ1) is 14.2. The van der Waals surface area contributed by atoms with E-state index in [4.69, 9.17) is 0 Å². The van der Waals surface area contributed by atoms with Crippen LogP contribution >= 0.6 is 15.9 Å². The number of hydrogen-bond acceptors (Lipinski definition) is 5. The molecule has 0 aromatic heterocycles. The number of nitro groups is 1. The number of piperidine rings is 1. The molecule has 1 saturated heterocycles. The number of hydrogen-bond donors (Lipinski definition) is 1. The second-order valence-corrected chi connectivity index (χ2v) is 9.49. The molecule has 0 aliphatic carbocycles. The van der Waals surface area contributed by atoms with E-state index in [9.17, 15) is 23.3 Å². The van der Waals surface area contributed by atoms with Gasteiger partial charge in [-0.05, 0) is 60.9 Å². The minimum Gasteiger partial charge on any atom is -0.339 e. The van der Waals surface area contributed by atoms with E-state index in [2.05, 4.69) is 20.7 Å². The number of rotatable bonds is 6. The van der Waals surface area contributed by atoms with Crippen LogP contribution in [0.5, 0.6) is 0 Å². The second kappa shape index (κ2) is 9.50.